The van der Waals surface area contributed by atoms with Crippen LogP contribution in [0.25, 0.3) is 0 Å². The van der Waals surface area contributed by atoms with Gasteiger partial charge >= 0.3 is 7.05 Å². The molecule has 0 amide bonds. The van der Waals surface area contributed by atoms with Gasteiger partial charge in [-0.2, -0.15) is 5.10 Å². The third-order valence-corrected chi connectivity index (χ3v) is 4.71. The van der Waals surface area contributed by atoms with E-state index < -0.39 is 0 Å². The maximum atomic E-state index is 9.61. The molecule has 0 saturated carbocycles. The summed E-state index contributed by atoms with van der Waals surface area (Å²) in [7, 11) is -0.311. The van der Waals surface area contributed by atoms with Gasteiger partial charge in [0.25, 0.3) is 0 Å². The number of aromatic nitrogens is 2. The minimum atomic E-state index is -0.311. The number of aromatic amines is 1. The average molecular weight is 233 g/mol. The normalized spacial score (nSPS) is 23.0. The molecule has 1 aromatic heterocycles. The van der Waals surface area contributed by atoms with Gasteiger partial charge in [0.05, 0.1) is 5.69 Å². The fourth-order valence-corrected chi connectivity index (χ4v) is 3.49. The summed E-state index contributed by atoms with van der Waals surface area (Å²) in [4.78, 5) is 2.16. The number of H-pyrrole nitrogens is 1. The van der Waals surface area contributed by atoms with Gasteiger partial charge in [0, 0.05) is 11.1 Å². The third kappa shape index (κ3) is 1.64. The Morgan fingerprint density at radius 2 is 2.06 bits per heavy atom. The van der Waals surface area contributed by atoms with Crippen molar-refractivity contribution in [3.05, 3.63) is 17.0 Å². The molecule has 2 N–H and O–H groups in total. The molecular weight excluding hydrogens is 213 g/mol. The van der Waals surface area contributed by atoms with Crippen LogP contribution in [0.4, 0.5) is 0 Å². The van der Waals surface area contributed by atoms with E-state index in [-0.39, 0.29) is 7.05 Å². The molecule has 92 valence electrons. The van der Waals surface area contributed by atoms with Crippen molar-refractivity contribution in [1.29, 1.82) is 0 Å². The molecule has 17 heavy (non-hydrogen) atoms. The van der Waals surface area contributed by atoms with Crippen LogP contribution >= 0.6 is 0 Å². The van der Waals surface area contributed by atoms with Crippen LogP contribution in [0.5, 0.6) is 0 Å². The topological polar surface area (TPSA) is 52.1 Å². The van der Waals surface area contributed by atoms with E-state index in [4.69, 9.17) is 0 Å². The summed E-state index contributed by atoms with van der Waals surface area (Å²) < 4.78 is 0. The van der Waals surface area contributed by atoms with Crippen molar-refractivity contribution < 1.29 is 5.02 Å². The number of fused-ring (bicyclic) bond motifs is 2. The van der Waals surface area contributed by atoms with E-state index >= 15 is 0 Å². The van der Waals surface area contributed by atoms with Crippen LogP contribution < -0.4 is 0 Å². The van der Waals surface area contributed by atoms with E-state index in [0.717, 1.165) is 25.9 Å². The Morgan fingerprint density at radius 1 is 1.35 bits per heavy atom. The predicted octanol–water partition coefficient (Wildman–Crippen LogP) is 1.11. The van der Waals surface area contributed by atoms with Gasteiger partial charge in [0.15, 0.2) is 0 Å². The van der Waals surface area contributed by atoms with E-state index in [9.17, 15) is 5.02 Å². The van der Waals surface area contributed by atoms with Crippen molar-refractivity contribution in [2.45, 2.75) is 44.8 Å². The van der Waals surface area contributed by atoms with Gasteiger partial charge in [0.2, 0.25) is 0 Å². The molecule has 1 aromatic rings. The Labute approximate surface area is 103 Å². The van der Waals surface area contributed by atoms with Gasteiger partial charge in [0.1, 0.15) is 0 Å². The van der Waals surface area contributed by atoms with Crippen LogP contribution in [0.1, 0.15) is 36.2 Å². The minimum Gasteiger partial charge on any atom is -0.437 e. The summed E-state index contributed by atoms with van der Waals surface area (Å²) in [5.41, 5.74) is 4.32. The number of aryl methyl sites for hydroxylation is 1. The average Bonchev–Trinajstić information content (AvgIpc) is 2.84. The zero-order valence-corrected chi connectivity index (χ0v) is 10.7. The highest BCUT2D eigenvalue weighted by atomic mass is 16.2. The van der Waals surface area contributed by atoms with Gasteiger partial charge in [-0.1, -0.05) is 0 Å². The second-order valence-corrected chi connectivity index (χ2v) is 5.62. The first-order valence-corrected chi connectivity index (χ1v) is 6.59. The van der Waals surface area contributed by atoms with E-state index in [2.05, 4.69) is 21.9 Å². The van der Waals surface area contributed by atoms with Gasteiger partial charge in [-0.25, -0.2) is 0 Å². The lowest BCUT2D eigenvalue weighted by molar-refractivity contribution is 0.210. The molecule has 2 aliphatic rings. The van der Waals surface area contributed by atoms with Crippen molar-refractivity contribution in [3.63, 3.8) is 0 Å². The van der Waals surface area contributed by atoms with Gasteiger partial charge in [-0.3, -0.25) is 5.10 Å². The van der Waals surface area contributed by atoms with Crippen molar-refractivity contribution in [2.75, 3.05) is 13.1 Å². The molecule has 4 nitrogen and oxygen atoms in total. The Morgan fingerprint density at radius 3 is 2.71 bits per heavy atom. The lowest BCUT2D eigenvalue weighted by atomic mass is 9.72. The summed E-state index contributed by atoms with van der Waals surface area (Å²) in [6.07, 6.45) is 4.69. The molecule has 0 radical (unpaired) electrons. The smallest absolute Gasteiger partial charge is 0.376 e. The first kappa shape index (κ1) is 11.3. The molecule has 1 aliphatic heterocycles. The molecule has 5 heteroatoms. The quantitative estimate of drug-likeness (QED) is 0.714. The molecule has 2 heterocycles. The van der Waals surface area contributed by atoms with Gasteiger partial charge < -0.3 is 9.83 Å². The number of nitrogens with one attached hydrogen (secondary N) is 1. The van der Waals surface area contributed by atoms with Crippen molar-refractivity contribution in [1.82, 2.24) is 15.0 Å². The molecule has 0 unspecified atom stereocenters. The molecule has 1 fully saturated rings. The maximum Gasteiger partial charge on any atom is 0.376 e. The van der Waals surface area contributed by atoms with Crippen molar-refractivity contribution in [3.8, 4) is 0 Å². The number of hydrogen-bond acceptors (Lipinski definition) is 3. The predicted molar refractivity (Wildman–Crippen MR) is 68.0 cm³/mol. The fourth-order valence-electron chi connectivity index (χ4n) is 3.49. The van der Waals surface area contributed by atoms with Crippen LogP contribution in [-0.2, 0) is 11.8 Å². The summed E-state index contributed by atoms with van der Waals surface area (Å²) in [5.74, 6) is 0. The zero-order chi connectivity index (χ0) is 12.0. The lowest BCUT2D eigenvalue weighted by Gasteiger charge is -2.39. The monoisotopic (exact) mass is 233 g/mol. The summed E-state index contributed by atoms with van der Waals surface area (Å²) in [6, 6.07) is 0. The zero-order valence-electron chi connectivity index (χ0n) is 10.7. The molecule has 1 saturated heterocycles. The van der Waals surface area contributed by atoms with Crippen molar-refractivity contribution >= 4 is 7.05 Å². The van der Waals surface area contributed by atoms with Crippen LogP contribution in [-0.4, -0.2) is 40.2 Å². The molecular formula is C12H20BN3O. The molecule has 3 rings (SSSR count). The van der Waals surface area contributed by atoms with Crippen LogP contribution in [0.2, 0.25) is 6.82 Å². The minimum absolute atomic E-state index is 0.297. The molecule has 1 spiro atoms. The molecule has 0 aromatic carbocycles. The fraction of sp³-hybridized carbons (Fsp3) is 0.750. The lowest BCUT2D eigenvalue weighted by Crippen LogP contribution is -2.47. The van der Waals surface area contributed by atoms with Gasteiger partial charge in [-0.05, 0) is 58.1 Å². The largest absolute Gasteiger partial charge is 0.437 e. The molecule has 0 bridgehead atoms. The van der Waals surface area contributed by atoms with E-state index in [1.165, 1.54) is 29.8 Å². The SMILES string of the molecule is CB(O)N1CCC2(CCc3c2n[nH]c3C)CC1. The first-order chi connectivity index (χ1) is 8.12. The number of nitrogens with zero attached hydrogens (tertiary/aromatic N) is 2. The Hall–Kier alpha value is -0.805. The van der Waals surface area contributed by atoms with Gasteiger partial charge in [-0.15, -0.1) is 0 Å². The number of hydrogen-bond donors (Lipinski definition) is 2. The van der Waals surface area contributed by atoms with Crippen LogP contribution in [0, 0.1) is 6.92 Å². The highest BCUT2D eigenvalue weighted by Crippen LogP contribution is 2.45. The maximum absolute atomic E-state index is 9.61. The number of piperidine rings is 1. The second kappa shape index (κ2) is 3.85. The van der Waals surface area contributed by atoms with E-state index in [1.807, 2.05) is 6.82 Å². The Bertz CT molecular complexity index is 421. The second-order valence-electron chi connectivity index (χ2n) is 5.62. The highest BCUT2D eigenvalue weighted by molar-refractivity contribution is 6.45. The summed E-state index contributed by atoms with van der Waals surface area (Å²) >= 11 is 0. The van der Waals surface area contributed by atoms with Crippen LogP contribution in [0.15, 0.2) is 0 Å². The summed E-state index contributed by atoms with van der Waals surface area (Å²) in [5, 5.41) is 17.3. The van der Waals surface area contributed by atoms with Crippen molar-refractivity contribution in [2.24, 2.45) is 0 Å². The third-order valence-electron chi connectivity index (χ3n) is 4.71. The van der Waals surface area contributed by atoms with Crippen LogP contribution in [0.3, 0.4) is 0 Å². The standard InChI is InChI=1S/C12H20BN3O/c1-9-10-3-4-12(11(10)15-14-9)5-7-16(8-6-12)13(2)17/h17H,3-8H2,1-2H3,(H,14,15). The first-order valence-electron chi connectivity index (χ1n) is 6.59. The summed E-state index contributed by atoms with van der Waals surface area (Å²) in [6.45, 7) is 5.96. The molecule has 0 atom stereocenters. The Kier molecular flexibility index (Phi) is 2.56. The van der Waals surface area contributed by atoms with E-state index in [1.54, 1.807) is 0 Å². The Balaban J connectivity index is 1.82. The van der Waals surface area contributed by atoms with E-state index in [0.29, 0.717) is 5.41 Å². The number of rotatable bonds is 1. The molecule has 1 aliphatic carbocycles. The highest BCUT2D eigenvalue weighted by Gasteiger charge is 2.44.